The maximum Gasteiger partial charge on any atom is 0.408 e. The lowest BCUT2D eigenvalue weighted by molar-refractivity contribution is -0.346. The lowest BCUT2D eigenvalue weighted by Gasteiger charge is -2.67. The van der Waals surface area contributed by atoms with Crippen molar-refractivity contribution in [3.63, 3.8) is 0 Å². The van der Waals surface area contributed by atoms with Crippen molar-refractivity contribution in [3.05, 3.63) is 137 Å². The van der Waals surface area contributed by atoms with Crippen molar-refractivity contribution in [2.75, 3.05) is 49.1 Å². The fraction of sp³-hybridized carbons (Fsp3) is 0.506. The van der Waals surface area contributed by atoms with E-state index in [2.05, 4.69) is 30.8 Å². The SMILES string of the molecule is CCNC(=O)c1nnc(-c2cc(C(C)C)c(O)cc2O)n1-c1ccc(OC2CCN(c3ncnc(N4CCC(C(=O)O[C@@H](C(=O)O[C@H]5C[C@@]6(O)[C@@H](OC(=O)c7ccccc7)C7[C@](C)(C(=O)[C@H](O)C(=C5C)C6(C)C)[C@@H](O)C[C@H]5OC[C@@]75OC(C)=O)[C@@H](NC(=O)OC(C)(C)C)c5ccccc5)CC4)n3)CC2)cc1. The molecule has 5 fully saturated rings. The van der Waals surface area contributed by atoms with E-state index in [0.717, 1.165) is 6.92 Å². The monoisotopic (exact) mass is 1460 g/mol. The molecule has 1 unspecified atom stereocenters. The van der Waals surface area contributed by atoms with Gasteiger partial charge >= 0.3 is 30.0 Å². The number of ketones is 1. The number of carbonyl (C=O) groups excluding carboxylic acids is 7. The van der Waals surface area contributed by atoms with Gasteiger partial charge in [0.2, 0.25) is 23.8 Å². The van der Waals surface area contributed by atoms with Gasteiger partial charge in [0.05, 0.1) is 41.1 Å². The van der Waals surface area contributed by atoms with Crippen LogP contribution in [0.3, 0.4) is 0 Å². The van der Waals surface area contributed by atoms with Gasteiger partial charge in [-0.2, -0.15) is 4.98 Å². The molecule has 29 heteroatoms. The first-order chi connectivity index (χ1) is 50.3. The molecule has 0 spiro atoms. The second kappa shape index (κ2) is 29.7. The molecular formula is C77H92N10O19. The number of aliphatic hydroxyl groups is 3. The molecule has 106 heavy (non-hydrogen) atoms. The number of aliphatic hydroxyl groups excluding tert-OH is 2. The lowest BCUT2D eigenvalue weighted by atomic mass is 9.44. The van der Waals surface area contributed by atoms with E-state index in [1.54, 1.807) is 125 Å². The number of anilines is 2. The highest BCUT2D eigenvalue weighted by molar-refractivity contribution is 5.95. The first-order valence-electron chi connectivity index (χ1n) is 35.9. The van der Waals surface area contributed by atoms with Crippen molar-refractivity contribution in [1.82, 2.24) is 40.3 Å². The summed E-state index contributed by atoms with van der Waals surface area (Å²) in [6.45, 7) is 19.2. The Hall–Kier alpha value is -10.1. The molecule has 12 rings (SSSR count). The number of fused-ring (bicyclic) bond motifs is 5. The number of hydrogen-bond donors (Lipinski definition) is 7. The number of hydrogen-bond acceptors (Lipinski definition) is 26. The summed E-state index contributed by atoms with van der Waals surface area (Å²) in [5.74, 6) is -6.52. The van der Waals surface area contributed by atoms with Crippen LogP contribution in [-0.2, 0) is 47.6 Å². The molecule has 5 heterocycles. The Kier molecular flexibility index (Phi) is 21.2. The Morgan fingerprint density at radius 3 is 2.04 bits per heavy atom. The van der Waals surface area contributed by atoms with Crippen molar-refractivity contribution in [2.24, 2.45) is 22.7 Å². The fourth-order valence-corrected chi connectivity index (χ4v) is 16.1. The van der Waals surface area contributed by atoms with Crippen LogP contribution in [0.4, 0.5) is 16.7 Å². The summed E-state index contributed by atoms with van der Waals surface area (Å²) in [5, 5.41) is 74.6. The minimum Gasteiger partial charge on any atom is -0.508 e. The molecule has 564 valence electrons. The molecule has 3 saturated heterocycles. The second-order valence-electron chi connectivity index (χ2n) is 30.3. The topological polar surface area (TPSA) is 385 Å². The summed E-state index contributed by atoms with van der Waals surface area (Å²) >= 11 is 0. The standard InChI is InChI=1S/C77H92N10O19/c1-12-78-66(94)65-84-83-64(51-35-50(41(2)3)52(89)36-53(51)90)87(65)47-23-25-48(26-24-47)101-49-29-33-86(34-30-49)71-80-40-79-70(82-71)85-31-27-46(28-32-85)67(95)103-60(58(44-19-15-13-16-20-44)81-72(98)106-73(6,7)8)69(97)102-54-38-77(99)63(104-68(96)45-21-17-14-18-22-45)61-75(11,62(93)59(92)57(42(54)4)74(77,9)10)55(91)37-56-76(61,39-100-56)105-43(5)88/h13-26,35-36,40-41,46,49,54-56,58-61,63,89-92,99H,12,27-34,37-39H2,1-11H3,(H,78,94)(H,81,98)/t54-,55-,56+,58-,59+,60+,61?,63-,75+,76-,77+/m0/s1. The molecule has 2 aromatic heterocycles. The first-order valence-corrected chi connectivity index (χ1v) is 35.9. The predicted octanol–water partition coefficient (Wildman–Crippen LogP) is 7.49. The number of esters is 4. The number of nitrogens with one attached hydrogen (secondary N) is 2. The van der Waals surface area contributed by atoms with Crippen LogP contribution in [0.1, 0.15) is 159 Å². The van der Waals surface area contributed by atoms with Crippen LogP contribution in [0.25, 0.3) is 17.1 Å². The summed E-state index contributed by atoms with van der Waals surface area (Å²) in [6.07, 6.45) is -9.29. The van der Waals surface area contributed by atoms with Gasteiger partial charge in [0.25, 0.3) is 5.91 Å². The second-order valence-corrected chi connectivity index (χ2v) is 30.3. The van der Waals surface area contributed by atoms with Crippen molar-refractivity contribution >= 4 is 53.6 Å². The Morgan fingerprint density at radius 2 is 1.44 bits per heavy atom. The van der Waals surface area contributed by atoms with Gasteiger partial charge in [-0.3, -0.25) is 23.7 Å². The Balaban J connectivity index is 0.767. The summed E-state index contributed by atoms with van der Waals surface area (Å²) < 4.78 is 45.2. The van der Waals surface area contributed by atoms with Crippen LogP contribution in [0, 0.1) is 22.7 Å². The van der Waals surface area contributed by atoms with Gasteiger partial charge in [0.15, 0.2) is 17.2 Å². The van der Waals surface area contributed by atoms with E-state index < -0.39 is 130 Å². The molecule has 4 aromatic carbocycles. The summed E-state index contributed by atoms with van der Waals surface area (Å²) in [5.41, 5.74) is -7.50. The highest BCUT2D eigenvalue weighted by atomic mass is 16.6. The fourth-order valence-electron chi connectivity index (χ4n) is 16.1. The summed E-state index contributed by atoms with van der Waals surface area (Å²) in [6, 6.07) is 24.5. The predicted molar refractivity (Wildman–Crippen MR) is 380 cm³/mol. The normalized spacial score (nSPS) is 25.8. The highest BCUT2D eigenvalue weighted by Gasteiger charge is 2.78. The van der Waals surface area contributed by atoms with Gasteiger partial charge in [-0.05, 0) is 125 Å². The number of aromatic hydroxyl groups is 2. The highest BCUT2D eigenvalue weighted by Crippen LogP contribution is 2.64. The number of phenolic OH excluding ortho intramolecular Hbond substituents is 2. The van der Waals surface area contributed by atoms with Crippen LogP contribution in [0.15, 0.2) is 115 Å². The molecule has 7 N–H and O–H groups in total. The zero-order chi connectivity index (χ0) is 76.1. The third-order valence-electron chi connectivity index (χ3n) is 21.8. The Labute approximate surface area is 613 Å². The summed E-state index contributed by atoms with van der Waals surface area (Å²) in [4.78, 5) is 119. The molecule has 29 nitrogen and oxygen atoms in total. The molecule has 3 aliphatic carbocycles. The molecular weight excluding hydrogens is 1370 g/mol. The number of rotatable bonds is 19. The number of Topliss-reactive ketones (excluding diaryl/α,β-unsaturated/α-hetero) is 1. The van der Waals surface area contributed by atoms with E-state index in [9.17, 15) is 49.5 Å². The third kappa shape index (κ3) is 14.3. The largest absolute Gasteiger partial charge is 0.508 e. The van der Waals surface area contributed by atoms with E-state index >= 15 is 9.59 Å². The molecule has 2 saturated carbocycles. The van der Waals surface area contributed by atoms with Gasteiger partial charge in [-0.15, -0.1) is 10.2 Å². The smallest absolute Gasteiger partial charge is 0.408 e. The van der Waals surface area contributed by atoms with Gasteiger partial charge < -0.3 is 79.1 Å². The quantitative estimate of drug-likeness (QED) is 0.0234. The van der Waals surface area contributed by atoms with Crippen molar-refractivity contribution in [3.8, 4) is 34.3 Å². The molecule has 3 aliphatic heterocycles. The zero-order valence-electron chi connectivity index (χ0n) is 61.2. The van der Waals surface area contributed by atoms with Crippen molar-refractivity contribution < 1.29 is 92.3 Å². The van der Waals surface area contributed by atoms with Crippen LogP contribution in [0.5, 0.6) is 17.2 Å². The lowest BCUT2D eigenvalue weighted by Crippen LogP contribution is -2.81. The first kappa shape index (κ1) is 75.6. The minimum atomic E-state index is -2.48. The number of aromatic nitrogens is 6. The molecule has 2 bridgehead atoms. The maximum absolute atomic E-state index is 15.7. The number of benzene rings is 4. The van der Waals surface area contributed by atoms with E-state index in [0.29, 0.717) is 61.4 Å². The molecule has 6 aliphatic rings. The number of nitrogens with zero attached hydrogens (tertiary/aromatic N) is 8. The average Bonchev–Trinajstić information content (AvgIpc) is 0.743. The third-order valence-corrected chi connectivity index (χ3v) is 21.8. The number of phenols is 2. The van der Waals surface area contributed by atoms with Gasteiger partial charge in [0, 0.05) is 82.5 Å². The van der Waals surface area contributed by atoms with E-state index in [-0.39, 0.29) is 102 Å². The molecule has 11 atom stereocenters. The number of carbonyl (C=O) groups is 7. The number of alkyl carbamates (subject to hydrolysis) is 1. The van der Waals surface area contributed by atoms with Crippen LogP contribution in [-0.4, -0.2) is 196 Å². The molecule has 0 radical (unpaired) electrons. The number of piperidine rings is 2. The van der Waals surface area contributed by atoms with Crippen molar-refractivity contribution in [1.29, 1.82) is 0 Å². The number of ether oxygens (including phenoxy) is 7. The van der Waals surface area contributed by atoms with Crippen LogP contribution >= 0.6 is 0 Å². The molecule has 2 amide bonds. The van der Waals surface area contributed by atoms with Gasteiger partial charge in [0.1, 0.15) is 71.3 Å². The van der Waals surface area contributed by atoms with E-state index in [1.165, 1.54) is 38.4 Å². The minimum absolute atomic E-state index is 0.00229. The number of amides is 2. The van der Waals surface area contributed by atoms with Crippen LogP contribution < -0.4 is 25.2 Å². The van der Waals surface area contributed by atoms with E-state index in [1.807, 2.05) is 23.6 Å². The summed E-state index contributed by atoms with van der Waals surface area (Å²) in [7, 11) is 0. The Morgan fingerprint density at radius 1 is 0.811 bits per heavy atom. The average molecular weight is 1460 g/mol. The van der Waals surface area contributed by atoms with Gasteiger partial charge in [-0.25, -0.2) is 24.4 Å². The zero-order valence-corrected chi connectivity index (χ0v) is 61.2. The Bertz CT molecular complexity index is 4340. The van der Waals surface area contributed by atoms with Crippen LogP contribution in [0.2, 0.25) is 0 Å². The van der Waals surface area contributed by atoms with Crippen molar-refractivity contribution in [2.45, 2.75) is 186 Å². The molecule has 6 aromatic rings. The van der Waals surface area contributed by atoms with Gasteiger partial charge in [-0.1, -0.05) is 76.2 Å². The maximum atomic E-state index is 15.7. The van der Waals surface area contributed by atoms with E-state index in [4.69, 9.17) is 38.1 Å².